The standard InChI is InChI=1S/C75H60N4Si/c1-49-41-51(3)71(52(4)42-49)58-35-39-69-66(46-58)67-47-59(72-53(5)43-50(2)44-54(72)6)36-40-70(67)79(69)60-37-38-65(68(48-60)75-77-73(55-23-12-7-13-24-55)76-74(78-75)56-25-14-8-15-26-56)57-27-22-34-64(45-57)80(61-28-16-9-17-29-61,62-30-18-10-19-31-62)63-32-20-11-21-33-63/h7-48H,1-6H3. The quantitative estimate of drug-likeness (QED) is 0.0958. The van der Waals surface area contributed by atoms with Crippen molar-refractivity contribution in [1.29, 1.82) is 0 Å². The van der Waals surface area contributed by atoms with Crippen molar-refractivity contribution in [2.24, 2.45) is 0 Å². The molecule has 13 aromatic rings. The first-order valence-corrected chi connectivity index (χ1v) is 29.7. The molecular weight excluding hydrogens is 985 g/mol. The monoisotopic (exact) mass is 1040 g/mol. The molecule has 0 radical (unpaired) electrons. The first-order valence-electron chi connectivity index (χ1n) is 27.7. The van der Waals surface area contributed by atoms with Gasteiger partial charge in [0.2, 0.25) is 0 Å². The van der Waals surface area contributed by atoms with E-state index in [1.807, 2.05) is 36.4 Å². The summed E-state index contributed by atoms with van der Waals surface area (Å²) in [5.74, 6) is 1.82. The van der Waals surface area contributed by atoms with Gasteiger partial charge in [0.15, 0.2) is 25.5 Å². The SMILES string of the molecule is Cc1cc(C)c(-c2ccc3c(c2)c2cc(-c4c(C)cc(C)cc4C)ccc2n3-c2ccc(-c3cccc([Si](c4ccccc4)(c4ccccc4)c4ccccc4)c3)c(-c3nc(-c4ccccc4)nc(-c4ccccc4)n3)c2)c(C)c1. The van der Waals surface area contributed by atoms with E-state index in [0.717, 1.165) is 44.5 Å². The Morgan fingerprint density at radius 2 is 0.675 bits per heavy atom. The van der Waals surface area contributed by atoms with Crippen LogP contribution in [0, 0.1) is 41.5 Å². The van der Waals surface area contributed by atoms with Gasteiger partial charge < -0.3 is 4.57 Å². The van der Waals surface area contributed by atoms with E-state index in [2.05, 4.69) is 264 Å². The van der Waals surface area contributed by atoms with E-state index >= 15 is 0 Å². The fraction of sp³-hybridized carbons (Fsp3) is 0.0800. The number of nitrogens with zero attached hydrogens (tertiary/aromatic N) is 4. The topological polar surface area (TPSA) is 43.6 Å². The highest BCUT2D eigenvalue weighted by molar-refractivity contribution is 7.19. The van der Waals surface area contributed by atoms with Crippen LogP contribution in [0.2, 0.25) is 0 Å². The average Bonchev–Trinajstić information content (AvgIpc) is 3.89. The fourth-order valence-electron chi connectivity index (χ4n) is 12.9. The van der Waals surface area contributed by atoms with Crippen molar-refractivity contribution in [2.45, 2.75) is 41.5 Å². The maximum atomic E-state index is 5.46. The number of hydrogen-bond donors (Lipinski definition) is 0. The number of benzene rings is 11. The zero-order valence-corrected chi connectivity index (χ0v) is 47.0. The smallest absolute Gasteiger partial charge is 0.179 e. The van der Waals surface area contributed by atoms with Gasteiger partial charge in [-0.15, -0.1) is 0 Å². The van der Waals surface area contributed by atoms with Crippen molar-refractivity contribution in [3.63, 3.8) is 0 Å². The van der Waals surface area contributed by atoms with E-state index in [9.17, 15) is 0 Å². The lowest BCUT2D eigenvalue weighted by Crippen LogP contribution is -2.74. The minimum Gasteiger partial charge on any atom is -0.309 e. The Morgan fingerprint density at radius 3 is 1.11 bits per heavy atom. The number of aryl methyl sites for hydroxylation is 6. The van der Waals surface area contributed by atoms with Gasteiger partial charge in [-0.25, -0.2) is 15.0 Å². The molecule has 0 aliphatic rings. The maximum Gasteiger partial charge on any atom is 0.179 e. The molecule has 0 N–H and O–H groups in total. The van der Waals surface area contributed by atoms with Crippen LogP contribution in [0.15, 0.2) is 255 Å². The molecule has 384 valence electrons. The summed E-state index contributed by atoms with van der Waals surface area (Å²) >= 11 is 0. The van der Waals surface area contributed by atoms with Gasteiger partial charge in [0, 0.05) is 33.2 Å². The first kappa shape index (κ1) is 50.0. The number of aromatic nitrogens is 4. The van der Waals surface area contributed by atoms with Crippen LogP contribution in [0.3, 0.4) is 0 Å². The molecule has 0 bridgehead atoms. The van der Waals surface area contributed by atoms with E-state index < -0.39 is 8.07 Å². The Balaban J connectivity index is 1.10. The van der Waals surface area contributed by atoms with Crippen molar-refractivity contribution in [2.75, 3.05) is 0 Å². The van der Waals surface area contributed by atoms with Crippen molar-refractivity contribution >= 4 is 50.6 Å². The molecule has 0 aliphatic heterocycles. The zero-order chi connectivity index (χ0) is 54.5. The van der Waals surface area contributed by atoms with Crippen LogP contribution >= 0.6 is 0 Å². The molecule has 0 spiro atoms. The fourth-order valence-corrected chi connectivity index (χ4v) is 17.7. The van der Waals surface area contributed by atoms with Crippen LogP contribution in [0.5, 0.6) is 0 Å². The van der Waals surface area contributed by atoms with Crippen LogP contribution in [0.25, 0.3) is 95.0 Å². The van der Waals surface area contributed by atoms with Crippen molar-refractivity contribution in [3.05, 3.63) is 288 Å². The summed E-state index contributed by atoms with van der Waals surface area (Å²) in [6.45, 7) is 13.3. The Bertz CT molecular complexity index is 4140. The normalized spacial score (nSPS) is 11.6. The predicted octanol–water partition coefficient (Wildman–Crippen LogP) is 16.2. The lowest BCUT2D eigenvalue weighted by Gasteiger charge is -2.34. The summed E-state index contributed by atoms with van der Waals surface area (Å²) in [4.78, 5) is 16.1. The molecule has 13 rings (SSSR count). The van der Waals surface area contributed by atoms with Gasteiger partial charge in [-0.05, 0) is 154 Å². The van der Waals surface area contributed by atoms with Gasteiger partial charge in [-0.1, -0.05) is 230 Å². The third kappa shape index (κ3) is 8.86. The van der Waals surface area contributed by atoms with Gasteiger partial charge in [0.05, 0.1) is 11.0 Å². The third-order valence-corrected chi connectivity index (χ3v) is 20.9. The van der Waals surface area contributed by atoms with Crippen molar-refractivity contribution in [3.8, 4) is 73.2 Å². The van der Waals surface area contributed by atoms with E-state index in [0.29, 0.717) is 17.5 Å². The van der Waals surface area contributed by atoms with Gasteiger partial charge >= 0.3 is 0 Å². The predicted molar refractivity (Wildman–Crippen MR) is 339 cm³/mol. The van der Waals surface area contributed by atoms with Crippen LogP contribution in [-0.4, -0.2) is 27.6 Å². The van der Waals surface area contributed by atoms with Gasteiger partial charge in [-0.3, -0.25) is 0 Å². The molecule has 0 amide bonds. The molecule has 4 nitrogen and oxygen atoms in total. The van der Waals surface area contributed by atoms with Gasteiger partial charge in [-0.2, -0.15) is 0 Å². The molecule has 80 heavy (non-hydrogen) atoms. The van der Waals surface area contributed by atoms with E-state index in [4.69, 9.17) is 15.0 Å². The molecule has 0 atom stereocenters. The minimum absolute atomic E-state index is 0.596. The molecular formula is C75H60N4Si. The highest BCUT2D eigenvalue weighted by Gasteiger charge is 2.41. The van der Waals surface area contributed by atoms with Crippen molar-refractivity contribution < 1.29 is 0 Å². The molecule has 0 unspecified atom stereocenters. The second-order valence-electron chi connectivity index (χ2n) is 21.5. The maximum absolute atomic E-state index is 5.46. The van der Waals surface area contributed by atoms with Crippen LogP contribution in [-0.2, 0) is 0 Å². The zero-order valence-electron chi connectivity index (χ0n) is 46.0. The van der Waals surface area contributed by atoms with E-state index in [1.165, 1.54) is 87.2 Å². The summed E-state index contributed by atoms with van der Waals surface area (Å²) in [5.41, 5.74) is 20.8. The van der Waals surface area contributed by atoms with Gasteiger partial charge in [0.1, 0.15) is 0 Å². The molecule has 0 fully saturated rings. The Hall–Kier alpha value is -9.55. The molecule has 11 aromatic carbocycles. The second kappa shape index (κ2) is 20.7. The third-order valence-electron chi connectivity index (χ3n) is 16.1. The van der Waals surface area contributed by atoms with E-state index in [1.54, 1.807) is 0 Å². The number of hydrogen-bond acceptors (Lipinski definition) is 3. The van der Waals surface area contributed by atoms with Crippen LogP contribution < -0.4 is 20.7 Å². The largest absolute Gasteiger partial charge is 0.309 e. The van der Waals surface area contributed by atoms with Gasteiger partial charge in [0.25, 0.3) is 0 Å². The summed E-state index contributed by atoms with van der Waals surface area (Å²) in [7, 11) is -2.91. The van der Waals surface area contributed by atoms with Crippen LogP contribution in [0.1, 0.15) is 33.4 Å². The lowest BCUT2D eigenvalue weighted by atomic mass is 9.91. The summed E-state index contributed by atoms with van der Waals surface area (Å²) in [5, 5.41) is 7.64. The summed E-state index contributed by atoms with van der Waals surface area (Å²) in [6.07, 6.45) is 0. The lowest BCUT2D eigenvalue weighted by molar-refractivity contribution is 1.07. The highest BCUT2D eigenvalue weighted by atomic mass is 28.3. The highest BCUT2D eigenvalue weighted by Crippen LogP contribution is 2.42. The second-order valence-corrected chi connectivity index (χ2v) is 25.4. The van der Waals surface area contributed by atoms with E-state index in [-0.39, 0.29) is 0 Å². The molecule has 0 saturated carbocycles. The Labute approximate surface area is 470 Å². The Kier molecular flexibility index (Phi) is 12.9. The Morgan fingerprint density at radius 1 is 0.287 bits per heavy atom. The molecule has 5 heteroatoms. The average molecular weight is 1050 g/mol. The van der Waals surface area contributed by atoms with Crippen molar-refractivity contribution in [1.82, 2.24) is 19.5 Å². The number of fused-ring (bicyclic) bond motifs is 3. The molecule has 0 saturated heterocycles. The molecule has 0 aliphatic carbocycles. The minimum atomic E-state index is -2.91. The summed E-state index contributed by atoms with van der Waals surface area (Å²) < 4.78 is 2.45. The summed E-state index contributed by atoms with van der Waals surface area (Å²) in [6, 6.07) is 93.5. The molecule has 2 aromatic heterocycles. The first-order chi connectivity index (χ1) is 39.1. The van der Waals surface area contributed by atoms with Crippen LogP contribution in [0.4, 0.5) is 0 Å². The molecule has 2 heterocycles. The number of rotatable bonds is 11.